The van der Waals surface area contributed by atoms with Gasteiger partial charge in [0.15, 0.2) is 0 Å². The molecule has 16 heavy (non-hydrogen) atoms. The molecule has 2 rings (SSSR count). The lowest BCUT2D eigenvalue weighted by atomic mass is 10.0. The van der Waals surface area contributed by atoms with E-state index in [2.05, 4.69) is 15.9 Å². The van der Waals surface area contributed by atoms with Gasteiger partial charge in [0, 0.05) is 10.0 Å². The van der Waals surface area contributed by atoms with Gasteiger partial charge >= 0.3 is 0 Å². The van der Waals surface area contributed by atoms with Crippen molar-refractivity contribution < 1.29 is 4.39 Å². The lowest BCUT2D eigenvalue weighted by Gasteiger charge is -2.08. The third kappa shape index (κ3) is 2.20. The quantitative estimate of drug-likeness (QED) is 0.772. The summed E-state index contributed by atoms with van der Waals surface area (Å²) >= 11 is 9.19. The van der Waals surface area contributed by atoms with E-state index in [1.165, 1.54) is 12.1 Å². The number of anilines is 1. The van der Waals surface area contributed by atoms with Crippen LogP contribution in [-0.2, 0) is 0 Å². The minimum absolute atomic E-state index is 0.231. The molecule has 0 aromatic heterocycles. The van der Waals surface area contributed by atoms with Crippen molar-refractivity contribution in [2.75, 3.05) is 5.73 Å². The molecule has 4 heteroatoms. The molecule has 0 aliphatic heterocycles. The number of hydrogen-bond donors (Lipinski definition) is 1. The van der Waals surface area contributed by atoms with Crippen LogP contribution in [0.2, 0.25) is 5.02 Å². The zero-order valence-corrected chi connectivity index (χ0v) is 10.5. The van der Waals surface area contributed by atoms with Crippen molar-refractivity contribution in [1.82, 2.24) is 0 Å². The molecule has 82 valence electrons. The molecule has 0 bridgehead atoms. The molecule has 0 saturated carbocycles. The highest BCUT2D eigenvalue weighted by Gasteiger charge is 2.08. The maximum atomic E-state index is 13.2. The van der Waals surface area contributed by atoms with Crippen molar-refractivity contribution in [1.29, 1.82) is 0 Å². The normalized spacial score (nSPS) is 10.4. The molecule has 0 aliphatic carbocycles. The molecule has 0 atom stereocenters. The van der Waals surface area contributed by atoms with Gasteiger partial charge in [-0.05, 0) is 29.8 Å². The van der Waals surface area contributed by atoms with Crippen LogP contribution in [0.1, 0.15) is 0 Å². The molecular weight excluding hydrogens is 292 g/mol. The standard InChI is InChI=1S/C12H8BrClFN/c13-8-3-1-2-7(4-8)10-5-9(15)6-11(14)12(10)16/h1-6H,16H2. The summed E-state index contributed by atoms with van der Waals surface area (Å²) in [5, 5.41) is 0.231. The Hall–Kier alpha value is -1.06. The number of nitrogen functional groups attached to an aromatic ring is 1. The van der Waals surface area contributed by atoms with Crippen LogP contribution in [-0.4, -0.2) is 0 Å². The van der Waals surface area contributed by atoms with E-state index in [9.17, 15) is 4.39 Å². The monoisotopic (exact) mass is 299 g/mol. The van der Waals surface area contributed by atoms with Gasteiger partial charge in [0.25, 0.3) is 0 Å². The van der Waals surface area contributed by atoms with Gasteiger partial charge in [-0.2, -0.15) is 0 Å². The van der Waals surface area contributed by atoms with Crippen LogP contribution < -0.4 is 5.73 Å². The Kier molecular flexibility index (Phi) is 3.17. The van der Waals surface area contributed by atoms with E-state index >= 15 is 0 Å². The summed E-state index contributed by atoms with van der Waals surface area (Å²) in [4.78, 5) is 0. The molecular formula is C12H8BrClFN. The molecule has 0 radical (unpaired) electrons. The topological polar surface area (TPSA) is 26.0 Å². The van der Waals surface area contributed by atoms with Gasteiger partial charge in [0.05, 0.1) is 10.7 Å². The van der Waals surface area contributed by atoms with E-state index < -0.39 is 5.82 Å². The third-order valence-corrected chi connectivity index (χ3v) is 3.04. The molecule has 0 fully saturated rings. The first-order valence-corrected chi connectivity index (χ1v) is 5.75. The van der Waals surface area contributed by atoms with Crippen LogP contribution in [0.25, 0.3) is 11.1 Å². The first-order chi connectivity index (χ1) is 7.58. The summed E-state index contributed by atoms with van der Waals surface area (Å²) in [6.07, 6.45) is 0. The molecule has 0 amide bonds. The van der Waals surface area contributed by atoms with E-state index in [1.54, 1.807) is 0 Å². The first-order valence-electron chi connectivity index (χ1n) is 4.58. The number of benzene rings is 2. The van der Waals surface area contributed by atoms with Crippen LogP contribution in [0.5, 0.6) is 0 Å². The summed E-state index contributed by atoms with van der Waals surface area (Å²) in [5.41, 5.74) is 7.64. The molecule has 0 aliphatic rings. The number of nitrogens with two attached hydrogens (primary N) is 1. The highest BCUT2D eigenvalue weighted by atomic mass is 79.9. The van der Waals surface area contributed by atoms with E-state index in [0.717, 1.165) is 10.0 Å². The van der Waals surface area contributed by atoms with Crippen molar-refractivity contribution in [3.63, 3.8) is 0 Å². The number of rotatable bonds is 1. The van der Waals surface area contributed by atoms with Crippen LogP contribution in [0.15, 0.2) is 40.9 Å². The van der Waals surface area contributed by atoms with Gasteiger partial charge in [0.1, 0.15) is 5.82 Å². The largest absolute Gasteiger partial charge is 0.397 e. The molecule has 2 aromatic rings. The maximum absolute atomic E-state index is 13.2. The molecule has 0 saturated heterocycles. The zero-order chi connectivity index (χ0) is 11.7. The third-order valence-electron chi connectivity index (χ3n) is 2.23. The summed E-state index contributed by atoms with van der Waals surface area (Å²) in [6.45, 7) is 0. The van der Waals surface area contributed by atoms with Gasteiger partial charge < -0.3 is 5.73 Å². The second-order valence-electron chi connectivity index (χ2n) is 3.36. The summed E-state index contributed by atoms with van der Waals surface area (Å²) in [7, 11) is 0. The molecule has 0 unspecified atom stereocenters. The van der Waals surface area contributed by atoms with E-state index in [1.807, 2.05) is 24.3 Å². The summed E-state index contributed by atoms with van der Waals surface area (Å²) < 4.78 is 14.1. The average molecular weight is 301 g/mol. The number of halogens is 3. The van der Waals surface area contributed by atoms with Crippen molar-refractivity contribution in [2.45, 2.75) is 0 Å². The lowest BCUT2D eigenvalue weighted by molar-refractivity contribution is 0.628. The van der Waals surface area contributed by atoms with E-state index in [4.69, 9.17) is 17.3 Å². The SMILES string of the molecule is Nc1c(Cl)cc(F)cc1-c1cccc(Br)c1. The first kappa shape index (κ1) is 11.4. The Balaban J connectivity index is 2.64. The Bertz CT molecular complexity index is 543. The zero-order valence-electron chi connectivity index (χ0n) is 8.18. The van der Waals surface area contributed by atoms with Crippen LogP contribution in [0.4, 0.5) is 10.1 Å². The van der Waals surface area contributed by atoms with Crippen LogP contribution in [0.3, 0.4) is 0 Å². The summed E-state index contributed by atoms with van der Waals surface area (Å²) in [5.74, 6) is -0.394. The average Bonchev–Trinajstić information content (AvgIpc) is 2.23. The molecule has 0 spiro atoms. The minimum atomic E-state index is -0.394. The highest BCUT2D eigenvalue weighted by molar-refractivity contribution is 9.10. The molecule has 1 nitrogen and oxygen atoms in total. The van der Waals surface area contributed by atoms with Gasteiger partial charge in [-0.1, -0.05) is 39.7 Å². The predicted octanol–water partition coefficient (Wildman–Crippen LogP) is 4.49. The minimum Gasteiger partial charge on any atom is -0.397 e. The van der Waals surface area contributed by atoms with Crippen LogP contribution in [0, 0.1) is 5.82 Å². The molecule has 0 heterocycles. The molecule has 2 aromatic carbocycles. The predicted molar refractivity (Wildman–Crippen MR) is 69.0 cm³/mol. The fourth-order valence-corrected chi connectivity index (χ4v) is 2.08. The van der Waals surface area contributed by atoms with Crippen molar-refractivity contribution in [2.24, 2.45) is 0 Å². The van der Waals surface area contributed by atoms with Crippen molar-refractivity contribution in [3.05, 3.63) is 51.7 Å². The second-order valence-corrected chi connectivity index (χ2v) is 4.68. The van der Waals surface area contributed by atoms with Crippen molar-refractivity contribution in [3.8, 4) is 11.1 Å². The summed E-state index contributed by atoms with van der Waals surface area (Å²) in [6, 6.07) is 10.0. The van der Waals surface area contributed by atoms with Gasteiger partial charge in [-0.15, -0.1) is 0 Å². The van der Waals surface area contributed by atoms with Crippen molar-refractivity contribution >= 4 is 33.2 Å². The van der Waals surface area contributed by atoms with E-state index in [0.29, 0.717) is 11.3 Å². The lowest BCUT2D eigenvalue weighted by Crippen LogP contribution is -1.93. The fourth-order valence-electron chi connectivity index (χ4n) is 1.48. The second kappa shape index (κ2) is 4.44. The Labute approximate surface area is 106 Å². The molecule has 2 N–H and O–H groups in total. The number of hydrogen-bond acceptors (Lipinski definition) is 1. The Morgan fingerprint density at radius 3 is 2.62 bits per heavy atom. The maximum Gasteiger partial charge on any atom is 0.125 e. The smallest absolute Gasteiger partial charge is 0.125 e. The van der Waals surface area contributed by atoms with Gasteiger partial charge in [-0.25, -0.2) is 4.39 Å². The van der Waals surface area contributed by atoms with E-state index in [-0.39, 0.29) is 5.02 Å². The fraction of sp³-hybridized carbons (Fsp3) is 0. The highest BCUT2D eigenvalue weighted by Crippen LogP contribution is 2.33. The van der Waals surface area contributed by atoms with Gasteiger partial charge in [-0.3, -0.25) is 0 Å². The van der Waals surface area contributed by atoms with Gasteiger partial charge in [0.2, 0.25) is 0 Å². The van der Waals surface area contributed by atoms with Crippen LogP contribution >= 0.6 is 27.5 Å². The Morgan fingerprint density at radius 1 is 1.19 bits per heavy atom. The Morgan fingerprint density at radius 2 is 1.94 bits per heavy atom.